The fourth-order valence-electron chi connectivity index (χ4n) is 3.02. The summed E-state index contributed by atoms with van der Waals surface area (Å²) in [5.41, 5.74) is 3.97. The van der Waals surface area contributed by atoms with E-state index in [1.807, 2.05) is 12.1 Å². The minimum atomic E-state index is -0.910. The number of hydrogen-bond acceptors (Lipinski definition) is 3. The van der Waals surface area contributed by atoms with Crippen LogP contribution in [0.3, 0.4) is 0 Å². The Balaban J connectivity index is 2.37. The highest BCUT2D eigenvalue weighted by atomic mass is 32.1. The SMILES string of the molecule is Cc1nc(-c2c(C(C)C)n(C)c3ccccc23)sc1C(=O)O. The van der Waals surface area contributed by atoms with Crippen LogP contribution in [0.5, 0.6) is 0 Å². The van der Waals surface area contributed by atoms with Gasteiger partial charge in [-0.15, -0.1) is 11.3 Å². The summed E-state index contributed by atoms with van der Waals surface area (Å²) in [5.74, 6) is -0.586. The van der Waals surface area contributed by atoms with Crippen LogP contribution in [0.4, 0.5) is 0 Å². The van der Waals surface area contributed by atoms with Gasteiger partial charge in [0.1, 0.15) is 9.88 Å². The van der Waals surface area contributed by atoms with Crippen molar-refractivity contribution >= 4 is 28.2 Å². The lowest BCUT2D eigenvalue weighted by Crippen LogP contribution is -1.99. The number of aromatic nitrogens is 2. The number of benzene rings is 1. The van der Waals surface area contributed by atoms with Gasteiger partial charge in [0.25, 0.3) is 0 Å². The molecule has 2 heterocycles. The van der Waals surface area contributed by atoms with Gasteiger partial charge in [-0.3, -0.25) is 0 Å². The zero-order chi connectivity index (χ0) is 16.0. The van der Waals surface area contributed by atoms with Crippen molar-refractivity contribution in [1.29, 1.82) is 0 Å². The Bertz CT molecular complexity index is 874. The molecule has 114 valence electrons. The average molecular weight is 314 g/mol. The van der Waals surface area contributed by atoms with Crippen molar-refractivity contribution in [3.05, 3.63) is 40.5 Å². The third-order valence-corrected chi connectivity index (χ3v) is 5.07. The number of fused-ring (bicyclic) bond motifs is 1. The van der Waals surface area contributed by atoms with Crippen LogP contribution in [0, 0.1) is 6.92 Å². The molecule has 0 atom stereocenters. The molecule has 0 fully saturated rings. The van der Waals surface area contributed by atoms with Crippen molar-refractivity contribution < 1.29 is 9.90 Å². The lowest BCUT2D eigenvalue weighted by atomic mass is 10.0. The standard InChI is InChI=1S/C17H18N2O2S/c1-9(2)14-13(11-7-5-6-8-12(11)19(14)4)16-18-10(3)15(22-16)17(20)21/h5-9H,1-4H3,(H,20,21). The Morgan fingerprint density at radius 2 is 2.00 bits per heavy atom. The maximum atomic E-state index is 11.3. The predicted molar refractivity (Wildman–Crippen MR) is 89.8 cm³/mol. The number of carbonyl (C=O) groups is 1. The fourth-order valence-corrected chi connectivity index (χ4v) is 3.99. The summed E-state index contributed by atoms with van der Waals surface area (Å²) in [6.45, 7) is 6.05. The largest absolute Gasteiger partial charge is 0.477 e. The Kier molecular flexibility index (Phi) is 3.53. The maximum Gasteiger partial charge on any atom is 0.347 e. The number of aryl methyl sites for hydroxylation is 2. The molecule has 0 bridgehead atoms. The fraction of sp³-hybridized carbons (Fsp3) is 0.294. The number of carboxylic acids is 1. The molecule has 0 amide bonds. The molecule has 0 aliphatic rings. The molecule has 22 heavy (non-hydrogen) atoms. The second kappa shape index (κ2) is 5.25. The molecule has 0 saturated heterocycles. The highest BCUT2D eigenvalue weighted by Gasteiger charge is 2.23. The van der Waals surface area contributed by atoms with E-state index < -0.39 is 5.97 Å². The Hall–Kier alpha value is -2.14. The Morgan fingerprint density at radius 1 is 1.32 bits per heavy atom. The van der Waals surface area contributed by atoms with Crippen LogP contribution in [-0.4, -0.2) is 20.6 Å². The molecule has 0 aliphatic carbocycles. The van der Waals surface area contributed by atoms with E-state index in [4.69, 9.17) is 0 Å². The third kappa shape index (κ3) is 2.13. The van der Waals surface area contributed by atoms with Crippen LogP contribution < -0.4 is 0 Å². The first-order valence-corrected chi connectivity index (χ1v) is 8.01. The van der Waals surface area contributed by atoms with Gasteiger partial charge in [0, 0.05) is 29.2 Å². The van der Waals surface area contributed by atoms with Crippen LogP contribution in [0.25, 0.3) is 21.5 Å². The first-order valence-electron chi connectivity index (χ1n) is 7.20. The Morgan fingerprint density at radius 3 is 2.59 bits per heavy atom. The summed E-state index contributed by atoms with van der Waals surface area (Å²) in [7, 11) is 2.06. The molecule has 4 nitrogen and oxygen atoms in total. The zero-order valence-electron chi connectivity index (χ0n) is 13.0. The molecule has 1 aromatic carbocycles. The van der Waals surface area contributed by atoms with Crippen LogP contribution >= 0.6 is 11.3 Å². The minimum Gasteiger partial charge on any atom is -0.477 e. The lowest BCUT2D eigenvalue weighted by molar-refractivity contribution is 0.0701. The first kappa shape index (κ1) is 14.8. The van der Waals surface area contributed by atoms with Crippen LogP contribution in [0.2, 0.25) is 0 Å². The van der Waals surface area contributed by atoms with Gasteiger partial charge >= 0.3 is 5.97 Å². The van der Waals surface area contributed by atoms with E-state index in [0.717, 1.165) is 21.5 Å². The van der Waals surface area contributed by atoms with E-state index in [2.05, 4.69) is 42.6 Å². The van der Waals surface area contributed by atoms with E-state index in [1.165, 1.54) is 17.0 Å². The van der Waals surface area contributed by atoms with Crippen molar-refractivity contribution in [2.45, 2.75) is 26.7 Å². The number of aromatic carboxylic acids is 1. The van der Waals surface area contributed by atoms with Gasteiger partial charge < -0.3 is 9.67 Å². The van der Waals surface area contributed by atoms with Gasteiger partial charge in [0.15, 0.2) is 0 Å². The Labute approximate surface area is 133 Å². The molecule has 3 aromatic rings. The van der Waals surface area contributed by atoms with E-state index >= 15 is 0 Å². The number of para-hydroxylation sites is 1. The molecule has 0 saturated carbocycles. The van der Waals surface area contributed by atoms with Gasteiger partial charge in [0.2, 0.25) is 0 Å². The van der Waals surface area contributed by atoms with Gasteiger partial charge in [-0.05, 0) is 18.9 Å². The van der Waals surface area contributed by atoms with Crippen LogP contribution in [0.15, 0.2) is 24.3 Å². The van der Waals surface area contributed by atoms with Crippen molar-refractivity contribution in [3.63, 3.8) is 0 Å². The second-order valence-electron chi connectivity index (χ2n) is 5.73. The van der Waals surface area contributed by atoms with E-state index in [9.17, 15) is 9.90 Å². The van der Waals surface area contributed by atoms with Crippen molar-refractivity contribution in [2.24, 2.45) is 7.05 Å². The van der Waals surface area contributed by atoms with Gasteiger partial charge in [-0.1, -0.05) is 32.0 Å². The molecule has 2 aromatic heterocycles. The number of hydrogen-bond donors (Lipinski definition) is 1. The normalized spacial score (nSPS) is 11.5. The topological polar surface area (TPSA) is 55.1 Å². The maximum absolute atomic E-state index is 11.3. The molecular formula is C17H18N2O2S. The van der Waals surface area contributed by atoms with Crippen molar-refractivity contribution in [2.75, 3.05) is 0 Å². The molecule has 0 unspecified atom stereocenters. The quantitative estimate of drug-likeness (QED) is 0.778. The highest BCUT2D eigenvalue weighted by molar-refractivity contribution is 7.17. The molecule has 0 aliphatic heterocycles. The second-order valence-corrected chi connectivity index (χ2v) is 6.73. The summed E-state index contributed by atoms with van der Waals surface area (Å²) in [5, 5.41) is 11.2. The van der Waals surface area contributed by atoms with Crippen LogP contribution in [0.1, 0.15) is 40.8 Å². The molecular weight excluding hydrogens is 296 g/mol. The van der Waals surface area contributed by atoms with E-state index in [1.54, 1.807) is 6.92 Å². The highest BCUT2D eigenvalue weighted by Crippen LogP contribution is 2.40. The summed E-state index contributed by atoms with van der Waals surface area (Å²) in [6.07, 6.45) is 0. The van der Waals surface area contributed by atoms with Gasteiger partial charge in [0.05, 0.1) is 5.69 Å². The van der Waals surface area contributed by atoms with E-state index in [0.29, 0.717) is 16.5 Å². The zero-order valence-corrected chi connectivity index (χ0v) is 13.9. The van der Waals surface area contributed by atoms with Crippen LogP contribution in [-0.2, 0) is 7.05 Å². The average Bonchev–Trinajstić information content (AvgIpc) is 2.98. The van der Waals surface area contributed by atoms with E-state index in [-0.39, 0.29) is 0 Å². The number of thiazole rings is 1. The summed E-state index contributed by atoms with van der Waals surface area (Å²) >= 11 is 1.26. The summed E-state index contributed by atoms with van der Waals surface area (Å²) in [4.78, 5) is 16.2. The monoisotopic (exact) mass is 314 g/mol. The summed E-state index contributed by atoms with van der Waals surface area (Å²) in [6, 6.07) is 8.19. The van der Waals surface area contributed by atoms with Crippen molar-refractivity contribution in [3.8, 4) is 10.6 Å². The molecule has 5 heteroatoms. The predicted octanol–water partition coefficient (Wildman–Crippen LogP) is 4.43. The number of rotatable bonds is 3. The smallest absolute Gasteiger partial charge is 0.347 e. The molecule has 3 rings (SSSR count). The first-order chi connectivity index (χ1) is 10.4. The lowest BCUT2D eigenvalue weighted by Gasteiger charge is -2.10. The van der Waals surface area contributed by atoms with Gasteiger partial charge in [-0.2, -0.15) is 0 Å². The third-order valence-electron chi connectivity index (χ3n) is 3.90. The van der Waals surface area contributed by atoms with Gasteiger partial charge in [-0.25, -0.2) is 9.78 Å². The molecule has 1 N–H and O–H groups in total. The number of carboxylic acid groups (broad SMARTS) is 1. The number of nitrogens with zero attached hydrogens (tertiary/aromatic N) is 2. The molecule has 0 spiro atoms. The minimum absolute atomic E-state index is 0.317. The van der Waals surface area contributed by atoms with Crippen molar-refractivity contribution in [1.82, 2.24) is 9.55 Å². The summed E-state index contributed by atoms with van der Waals surface area (Å²) < 4.78 is 2.19. The molecule has 0 radical (unpaired) electrons.